The topological polar surface area (TPSA) is 75.3 Å². The van der Waals surface area contributed by atoms with E-state index in [9.17, 15) is 26.4 Å². The van der Waals surface area contributed by atoms with Crippen molar-refractivity contribution in [2.24, 2.45) is 0 Å². The summed E-state index contributed by atoms with van der Waals surface area (Å²) in [5, 5.41) is 2.41. The highest BCUT2D eigenvalue weighted by molar-refractivity contribution is 7.89. The van der Waals surface area contributed by atoms with Crippen molar-refractivity contribution in [1.29, 1.82) is 0 Å². The first-order valence-electron chi connectivity index (χ1n) is 6.11. The molecule has 0 aliphatic heterocycles. The Morgan fingerprint density at radius 3 is 2.43 bits per heavy atom. The zero-order chi connectivity index (χ0) is 16.1. The number of amides is 1. The second-order valence-electron chi connectivity index (χ2n) is 4.17. The van der Waals surface area contributed by atoms with Crippen molar-refractivity contribution < 1.29 is 26.4 Å². The fourth-order valence-corrected chi connectivity index (χ4v) is 2.71. The van der Waals surface area contributed by atoms with Gasteiger partial charge in [-0.25, -0.2) is 13.1 Å². The first-order valence-corrected chi connectivity index (χ1v) is 7.59. The van der Waals surface area contributed by atoms with Crippen LogP contribution in [0.5, 0.6) is 0 Å². The molecule has 0 heterocycles. The summed E-state index contributed by atoms with van der Waals surface area (Å²) >= 11 is 0. The average Bonchev–Trinajstić information content (AvgIpc) is 2.42. The maximum absolute atomic E-state index is 12.8. The summed E-state index contributed by atoms with van der Waals surface area (Å²) in [4.78, 5) is 10.4. The van der Waals surface area contributed by atoms with Gasteiger partial charge in [-0.2, -0.15) is 13.2 Å². The van der Waals surface area contributed by atoms with Crippen molar-refractivity contribution in [3.8, 4) is 0 Å². The van der Waals surface area contributed by atoms with Crippen LogP contribution >= 0.6 is 0 Å². The SMILES string of the molecule is CCCNC(=O)CNS(=O)(=O)c1ccccc1C(F)(F)F. The predicted molar refractivity (Wildman–Crippen MR) is 69.9 cm³/mol. The molecular weight excluding hydrogens is 309 g/mol. The Morgan fingerprint density at radius 1 is 1.24 bits per heavy atom. The van der Waals surface area contributed by atoms with E-state index in [1.807, 2.05) is 11.6 Å². The van der Waals surface area contributed by atoms with Gasteiger partial charge in [0.05, 0.1) is 17.0 Å². The molecule has 1 amide bonds. The van der Waals surface area contributed by atoms with Crippen molar-refractivity contribution in [1.82, 2.24) is 10.0 Å². The monoisotopic (exact) mass is 324 g/mol. The molecule has 1 rings (SSSR count). The van der Waals surface area contributed by atoms with Crippen LogP contribution in [-0.4, -0.2) is 27.4 Å². The fraction of sp³-hybridized carbons (Fsp3) is 0.417. The third-order valence-corrected chi connectivity index (χ3v) is 3.94. The third kappa shape index (κ3) is 5.01. The number of alkyl halides is 3. The Morgan fingerprint density at radius 2 is 1.86 bits per heavy atom. The molecule has 0 saturated heterocycles. The number of benzene rings is 1. The quantitative estimate of drug-likeness (QED) is 0.833. The highest BCUT2D eigenvalue weighted by Crippen LogP contribution is 2.33. The first-order chi connectivity index (χ1) is 9.68. The van der Waals surface area contributed by atoms with Gasteiger partial charge in [0.1, 0.15) is 0 Å². The lowest BCUT2D eigenvalue weighted by molar-refractivity contribution is -0.139. The molecule has 1 aromatic rings. The minimum absolute atomic E-state index is 0.361. The molecule has 9 heteroatoms. The van der Waals surface area contributed by atoms with Gasteiger partial charge in [0, 0.05) is 6.54 Å². The van der Waals surface area contributed by atoms with E-state index in [-0.39, 0.29) is 0 Å². The molecule has 0 aliphatic rings. The van der Waals surface area contributed by atoms with Gasteiger partial charge in [0.25, 0.3) is 0 Å². The molecule has 0 spiro atoms. The second kappa shape index (κ2) is 6.90. The standard InChI is InChI=1S/C12H15F3N2O3S/c1-2-7-16-11(18)8-17-21(19,20)10-6-4-3-5-9(10)12(13,14)15/h3-6,17H,2,7-8H2,1H3,(H,16,18). The van der Waals surface area contributed by atoms with Crippen LogP contribution < -0.4 is 10.0 Å². The summed E-state index contributed by atoms with van der Waals surface area (Å²) in [6, 6.07) is 3.79. The molecule has 2 N–H and O–H groups in total. The lowest BCUT2D eigenvalue weighted by Crippen LogP contribution is -2.37. The molecule has 1 aromatic carbocycles. The summed E-state index contributed by atoms with van der Waals surface area (Å²) in [5.74, 6) is -0.607. The van der Waals surface area contributed by atoms with E-state index in [0.717, 1.165) is 12.1 Å². The Hall–Kier alpha value is -1.61. The molecule has 0 unspecified atom stereocenters. The lowest BCUT2D eigenvalue weighted by Gasteiger charge is -2.13. The number of hydrogen-bond acceptors (Lipinski definition) is 3. The minimum Gasteiger partial charge on any atom is -0.355 e. The molecule has 0 fully saturated rings. The zero-order valence-electron chi connectivity index (χ0n) is 11.2. The van der Waals surface area contributed by atoms with Crippen LogP contribution in [0.1, 0.15) is 18.9 Å². The number of carbonyl (C=O) groups excluding carboxylic acids is 1. The number of sulfonamides is 1. The Labute approximate surface area is 120 Å². The third-order valence-electron chi connectivity index (χ3n) is 2.48. The molecule has 118 valence electrons. The molecule has 0 aliphatic carbocycles. The van der Waals surface area contributed by atoms with Crippen molar-refractivity contribution in [2.75, 3.05) is 13.1 Å². The van der Waals surface area contributed by atoms with Crippen molar-refractivity contribution in [3.63, 3.8) is 0 Å². The van der Waals surface area contributed by atoms with E-state index in [2.05, 4.69) is 5.32 Å². The van der Waals surface area contributed by atoms with Gasteiger partial charge < -0.3 is 5.32 Å². The zero-order valence-corrected chi connectivity index (χ0v) is 12.0. The number of halogens is 3. The number of carbonyl (C=O) groups is 1. The molecule has 0 bridgehead atoms. The van der Waals surface area contributed by atoms with Gasteiger partial charge >= 0.3 is 6.18 Å². The van der Waals surface area contributed by atoms with Crippen molar-refractivity contribution in [3.05, 3.63) is 29.8 Å². The normalized spacial score (nSPS) is 12.2. The highest BCUT2D eigenvalue weighted by Gasteiger charge is 2.36. The van der Waals surface area contributed by atoms with Crippen LogP contribution in [-0.2, 0) is 21.0 Å². The Kier molecular flexibility index (Phi) is 5.73. The fourth-order valence-electron chi connectivity index (χ4n) is 1.50. The van der Waals surface area contributed by atoms with Crippen molar-refractivity contribution in [2.45, 2.75) is 24.4 Å². The summed E-state index contributed by atoms with van der Waals surface area (Å²) in [7, 11) is -4.43. The molecule has 0 aromatic heterocycles. The van der Waals surface area contributed by atoms with E-state index >= 15 is 0 Å². The second-order valence-corrected chi connectivity index (χ2v) is 5.90. The summed E-state index contributed by atoms with van der Waals surface area (Å²) in [5.41, 5.74) is -1.27. The van der Waals surface area contributed by atoms with Gasteiger partial charge in [-0.05, 0) is 18.6 Å². The smallest absolute Gasteiger partial charge is 0.355 e. The molecule has 5 nitrogen and oxygen atoms in total. The lowest BCUT2D eigenvalue weighted by atomic mass is 10.2. The van der Waals surface area contributed by atoms with Crippen LogP contribution in [0.3, 0.4) is 0 Å². The Bertz CT molecular complexity index is 600. The van der Waals surface area contributed by atoms with E-state index in [4.69, 9.17) is 0 Å². The molecule has 0 saturated carbocycles. The molecular formula is C12H15F3N2O3S. The summed E-state index contributed by atoms with van der Waals surface area (Å²) in [6.07, 6.45) is -4.13. The van der Waals surface area contributed by atoms with E-state index in [1.54, 1.807) is 0 Å². The largest absolute Gasteiger partial charge is 0.417 e. The predicted octanol–water partition coefficient (Wildman–Crippen LogP) is 1.51. The molecule has 21 heavy (non-hydrogen) atoms. The van der Waals surface area contributed by atoms with Crippen LogP contribution in [0.4, 0.5) is 13.2 Å². The van der Waals surface area contributed by atoms with E-state index in [1.165, 1.54) is 6.07 Å². The van der Waals surface area contributed by atoms with Crippen LogP contribution in [0.2, 0.25) is 0 Å². The molecule has 0 radical (unpaired) electrons. The minimum atomic E-state index is -4.80. The Balaban J connectivity index is 2.92. The van der Waals surface area contributed by atoms with E-state index in [0.29, 0.717) is 19.0 Å². The average molecular weight is 324 g/mol. The number of nitrogens with one attached hydrogen (secondary N) is 2. The van der Waals surface area contributed by atoms with E-state index < -0.39 is 39.1 Å². The number of hydrogen-bond donors (Lipinski definition) is 2. The van der Waals surface area contributed by atoms with Crippen LogP contribution in [0.15, 0.2) is 29.2 Å². The van der Waals surface area contributed by atoms with Gasteiger partial charge in [0.15, 0.2) is 0 Å². The van der Waals surface area contributed by atoms with Gasteiger partial charge in [-0.3, -0.25) is 4.79 Å². The van der Waals surface area contributed by atoms with Crippen molar-refractivity contribution >= 4 is 15.9 Å². The summed E-state index contributed by atoms with van der Waals surface area (Å²) < 4.78 is 63.9. The van der Waals surface area contributed by atoms with Gasteiger partial charge in [-0.1, -0.05) is 19.1 Å². The first kappa shape index (κ1) is 17.4. The van der Waals surface area contributed by atoms with Crippen LogP contribution in [0, 0.1) is 0 Å². The highest BCUT2D eigenvalue weighted by atomic mass is 32.2. The van der Waals surface area contributed by atoms with Gasteiger partial charge in [-0.15, -0.1) is 0 Å². The molecule has 0 atom stereocenters. The van der Waals surface area contributed by atoms with Crippen LogP contribution in [0.25, 0.3) is 0 Å². The number of rotatable bonds is 6. The van der Waals surface area contributed by atoms with Gasteiger partial charge in [0.2, 0.25) is 15.9 Å². The summed E-state index contributed by atoms with van der Waals surface area (Å²) in [6.45, 7) is 1.55. The maximum atomic E-state index is 12.8. The maximum Gasteiger partial charge on any atom is 0.417 e.